The van der Waals surface area contributed by atoms with Crippen LogP contribution in [0.4, 0.5) is 0 Å². The van der Waals surface area contributed by atoms with Gasteiger partial charge < -0.3 is 5.32 Å². The van der Waals surface area contributed by atoms with Gasteiger partial charge in [-0.2, -0.15) is 0 Å². The van der Waals surface area contributed by atoms with Crippen molar-refractivity contribution in [2.45, 2.75) is 25.9 Å². The van der Waals surface area contributed by atoms with E-state index in [9.17, 15) is 0 Å². The lowest BCUT2D eigenvalue weighted by molar-refractivity contribution is 0.514. The zero-order valence-electron chi connectivity index (χ0n) is 7.40. The second kappa shape index (κ2) is 3.49. The van der Waals surface area contributed by atoms with Crippen LogP contribution in [0.2, 0.25) is 10.0 Å². The van der Waals surface area contributed by atoms with Gasteiger partial charge >= 0.3 is 0 Å². The van der Waals surface area contributed by atoms with E-state index in [4.69, 9.17) is 23.2 Å². The van der Waals surface area contributed by atoms with Crippen molar-refractivity contribution in [1.29, 1.82) is 0 Å². The van der Waals surface area contributed by atoms with Crippen molar-refractivity contribution in [2.24, 2.45) is 0 Å². The van der Waals surface area contributed by atoms with Gasteiger partial charge in [0, 0.05) is 12.6 Å². The number of nitrogens with one attached hydrogen (secondary N) is 1. The lowest BCUT2D eigenvalue weighted by atomic mass is 9.97. The highest BCUT2D eigenvalue weighted by molar-refractivity contribution is 6.42. The lowest BCUT2D eigenvalue weighted by Gasteiger charge is -2.24. The molecule has 1 aliphatic heterocycles. The van der Waals surface area contributed by atoms with Gasteiger partial charge in [0.1, 0.15) is 0 Å². The molecule has 0 aromatic heterocycles. The van der Waals surface area contributed by atoms with Gasteiger partial charge in [-0.15, -0.1) is 0 Å². The number of hydrogen-bond acceptors (Lipinski definition) is 1. The van der Waals surface area contributed by atoms with Crippen LogP contribution >= 0.6 is 23.2 Å². The van der Waals surface area contributed by atoms with Crippen LogP contribution < -0.4 is 5.32 Å². The monoisotopic (exact) mass is 215 g/mol. The number of hydrogen-bond donors (Lipinski definition) is 1. The molecule has 2 rings (SSSR count). The quantitative estimate of drug-likeness (QED) is 0.702. The zero-order chi connectivity index (χ0) is 9.42. The molecule has 0 saturated carbocycles. The first-order chi connectivity index (χ1) is 6.18. The Morgan fingerprint density at radius 3 is 2.92 bits per heavy atom. The molecule has 0 radical (unpaired) electrons. The summed E-state index contributed by atoms with van der Waals surface area (Å²) in [5.41, 5.74) is 2.48. The Bertz CT molecular complexity index is 336. The van der Waals surface area contributed by atoms with Crippen molar-refractivity contribution in [1.82, 2.24) is 5.32 Å². The third-order valence-corrected chi connectivity index (χ3v) is 3.29. The minimum Gasteiger partial charge on any atom is -0.310 e. The van der Waals surface area contributed by atoms with Crippen molar-refractivity contribution in [2.75, 3.05) is 0 Å². The van der Waals surface area contributed by atoms with Gasteiger partial charge in [-0.3, -0.25) is 0 Å². The first kappa shape index (κ1) is 9.32. The van der Waals surface area contributed by atoms with Gasteiger partial charge in [0.2, 0.25) is 0 Å². The molecule has 0 fully saturated rings. The Morgan fingerprint density at radius 2 is 2.15 bits per heavy atom. The number of rotatable bonds is 0. The lowest BCUT2D eigenvalue weighted by Crippen LogP contribution is -2.32. The largest absolute Gasteiger partial charge is 0.310 e. The Balaban J connectivity index is 2.47. The van der Waals surface area contributed by atoms with Crippen LogP contribution in [-0.4, -0.2) is 6.04 Å². The molecule has 0 spiro atoms. The van der Waals surface area contributed by atoms with Gasteiger partial charge in [0.25, 0.3) is 0 Å². The molecule has 1 heterocycles. The fourth-order valence-corrected chi connectivity index (χ4v) is 2.12. The maximum absolute atomic E-state index is 6.09. The summed E-state index contributed by atoms with van der Waals surface area (Å²) >= 11 is 12.0. The maximum Gasteiger partial charge on any atom is 0.0640 e. The zero-order valence-corrected chi connectivity index (χ0v) is 8.91. The maximum atomic E-state index is 6.09. The molecule has 1 nitrogen and oxygen atoms in total. The van der Waals surface area contributed by atoms with Crippen LogP contribution in [0.15, 0.2) is 12.1 Å². The van der Waals surface area contributed by atoms with Crippen LogP contribution in [0, 0.1) is 0 Å². The summed E-state index contributed by atoms with van der Waals surface area (Å²) in [5.74, 6) is 0. The number of halogens is 2. The van der Waals surface area contributed by atoms with E-state index in [1.54, 1.807) is 0 Å². The molecular formula is C10H11Cl2N. The molecule has 3 heteroatoms. The Labute approximate surface area is 88.0 Å². The third-order valence-electron chi connectivity index (χ3n) is 2.45. The SMILES string of the molecule is C[C@@H]1Cc2ccc(Cl)c(Cl)c2CN1. The Hall–Kier alpha value is -0.240. The van der Waals surface area contributed by atoms with E-state index in [-0.39, 0.29) is 0 Å². The van der Waals surface area contributed by atoms with Crippen LogP contribution in [-0.2, 0) is 13.0 Å². The molecule has 1 atom stereocenters. The van der Waals surface area contributed by atoms with Gasteiger partial charge in [0.15, 0.2) is 0 Å². The standard InChI is InChI=1S/C10H11Cl2N/c1-6-4-7-2-3-9(11)10(12)8(7)5-13-6/h2-3,6,13H,4-5H2,1H3/t6-/m1/s1. The molecule has 1 aromatic carbocycles. The molecule has 0 amide bonds. The van der Waals surface area contributed by atoms with E-state index in [0.717, 1.165) is 18.5 Å². The van der Waals surface area contributed by atoms with Crippen molar-refractivity contribution in [3.63, 3.8) is 0 Å². The second-order valence-corrected chi connectivity index (χ2v) is 4.27. The molecule has 1 aliphatic rings. The highest BCUT2D eigenvalue weighted by Gasteiger charge is 2.17. The van der Waals surface area contributed by atoms with Crippen LogP contribution in [0.1, 0.15) is 18.1 Å². The van der Waals surface area contributed by atoms with Crippen molar-refractivity contribution >= 4 is 23.2 Å². The van der Waals surface area contributed by atoms with Crippen molar-refractivity contribution in [3.8, 4) is 0 Å². The van der Waals surface area contributed by atoms with Crippen LogP contribution in [0.5, 0.6) is 0 Å². The van der Waals surface area contributed by atoms with E-state index >= 15 is 0 Å². The first-order valence-electron chi connectivity index (χ1n) is 4.37. The number of fused-ring (bicyclic) bond motifs is 1. The molecule has 13 heavy (non-hydrogen) atoms. The summed E-state index contributed by atoms with van der Waals surface area (Å²) < 4.78 is 0. The smallest absolute Gasteiger partial charge is 0.0640 e. The minimum atomic E-state index is 0.532. The van der Waals surface area contributed by atoms with Gasteiger partial charge in [0.05, 0.1) is 10.0 Å². The van der Waals surface area contributed by atoms with E-state index in [2.05, 4.69) is 18.3 Å². The highest BCUT2D eigenvalue weighted by atomic mass is 35.5. The summed E-state index contributed by atoms with van der Waals surface area (Å²) in [6.45, 7) is 3.00. The summed E-state index contributed by atoms with van der Waals surface area (Å²) in [5, 5.41) is 4.72. The van der Waals surface area contributed by atoms with E-state index in [0.29, 0.717) is 16.1 Å². The molecule has 1 aromatic rings. The molecule has 1 N–H and O–H groups in total. The van der Waals surface area contributed by atoms with E-state index in [1.807, 2.05) is 6.07 Å². The summed E-state index contributed by atoms with van der Waals surface area (Å²) in [6, 6.07) is 4.48. The molecular weight excluding hydrogens is 205 g/mol. The molecule has 0 unspecified atom stereocenters. The van der Waals surface area contributed by atoms with Gasteiger partial charge in [-0.05, 0) is 30.5 Å². The number of benzene rings is 1. The predicted octanol–water partition coefficient (Wildman–Crippen LogP) is 3.03. The summed E-state index contributed by atoms with van der Waals surface area (Å²) in [6.07, 6.45) is 1.03. The van der Waals surface area contributed by atoms with Crippen LogP contribution in [0.25, 0.3) is 0 Å². The average molecular weight is 216 g/mol. The normalized spacial score (nSPS) is 21.3. The highest BCUT2D eigenvalue weighted by Crippen LogP contribution is 2.30. The van der Waals surface area contributed by atoms with Gasteiger partial charge in [-0.1, -0.05) is 29.3 Å². The fourth-order valence-electron chi connectivity index (χ4n) is 1.69. The Kier molecular flexibility index (Phi) is 2.50. The summed E-state index contributed by atoms with van der Waals surface area (Å²) in [4.78, 5) is 0. The minimum absolute atomic E-state index is 0.532. The predicted molar refractivity (Wildman–Crippen MR) is 56.5 cm³/mol. The Morgan fingerprint density at radius 1 is 1.38 bits per heavy atom. The topological polar surface area (TPSA) is 12.0 Å². The second-order valence-electron chi connectivity index (χ2n) is 3.49. The molecule has 70 valence electrons. The average Bonchev–Trinajstić information content (AvgIpc) is 2.12. The first-order valence-corrected chi connectivity index (χ1v) is 5.13. The van der Waals surface area contributed by atoms with Crippen molar-refractivity contribution in [3.05, 3.63) is 33.3 Å². The van der Waals surface area contributed by atoms with Gasteiger partial charge in [-0.25, -0.2) is 0 Å². The van der Waals surface area contributed by atoms with E-state index in [1.165, 1.54) is 5.56 Å². The molecule has 0 saturated heterocycles. The molecule has 0 aliphatic carbocycles. The van der Waals surface area contributed by atoms with Crippen LogP contribution in [0.3, 0.4) is 0 Å². The van der Waals surface area contributed by atoms with Crippen molar-refractivity contribution < 1.29 is 0 Å². The fraction of sp³-hybridized carbons (Fsp3) is 0.400. The third kappa shape index (κ3) is 1.69. The molecule has 0 bridgehead atoms. The van der Waals surface area contributed by atoms with E-state index < -0.39 is 0 Å². The summed E-state index contributed by atoms with van der Waals surface area (Å²) in [7, 11) is 0.